The van der Waals surface area contributed by atoms with E-state index < -0.39 is 35.9 Å². The minimum Gasteiger partial charge on any atom is -0.413 e. The van der Waals surface area contributed by atoms with Crippen molar-refractivity contribution in [2.24, 2.45) is 0 Å². The summed E-state index contributed by atoms with van der Waals surface area (Å²) in [6.07, 6.45) is -6.07. The molecule has 0 saturated carbocycles. The van der Waals surface area contributed by atoms with E-state index in [9.17, 15) is 22.7 Å². The minimum atomic E-state index is -4.83. The van der Waals surface area contributed by atoms with Crippen LogP contribution in [-0.2, 0) is 12.7 Å². The van der Waals surface area contributed by atoms with Crippen LogP contribution in [0.3, 0.4) is 0 Å². The zero-order valence-corrected chi connectivity index (χ0v) is 20.1. The minimum absolute atomic E-state index is 0.0130. The molecule has 1 unspecified atom stereocenters. The number of nitrogens with zero attached hydrogens (tertiary/aromatic N) is 5. The monoisotopic (exact) mass is 547 g/mol. The van der Waals surface area contributed by atoms with E-state index in [1.807, 2.05) is 4.90 Å². The van der Waals surface area contributed by atoms with Gasteiger partial charge in [0, 0.05) is 56.1 Å². The fourth-order valence-corrected chi connectivity index (χ4v) is 4.15. The number of halogens is 6. The number of hydrogen-bond donors (Lipinski definition) is 2. The topological polar surface area (TPSA) is 89.1 Å². The van der Waals surface area contributed by atoms with Crippen LogP contribution in [-0.4, -0.2) is 75.9 Å². The molecule has 3 aromatic rings. The van der Waals surface area contributed by atoms with Crippen molar-refractivity contribution in [3.63, 3.8) is 0 Å². The van der Waals surface area contributed by atoms with E-state index in [4.69, 9.17) is 16.7 Å². The Kier molecular flexibility index (Phi) is 8.29. The van der Waals surface area contributed by atoms with E-state index in [1.165, 1.54) is 29.2 Å². The molecule has 8 nitrogen and oxygen atoms in total. The molecule has 37 heavy (non-hydrogen) atoms. The van der Waals surface area contributed by atoms with Crippen LogP contribution in [0.25, 0.3) is 11.5 Å². The average molecular weight is 548 g/mol. The Hall–Kier alpha value is -2.84. The van der Waals surface area contributed by atoms with E-state index in [-0.39, 0.29) is 29.3 Å². The fraction of sp³-hybridized carbons (Fsp3) is 0.391. The number of β-amino-alcohol motifs (C(OH)–C–C–N with tert-alkyl or cyclic N) is 1. The summed E-state index contributed by atoms with van der Waals surface area (Å²) in [5.41, 5.74) is 0.366. The first kappa shape index (κ1) is 27.2. The van der Waals surface area contributed by atoms with Crippen molar-refractivity contribution >= 4 is 17.3 Å². The van der Waals surface area contributed by atoms with Gasteiger partial charge in [-0.3, -0.25) is 9.80 Å². The molecule has 1 aliphatic heterocycles. The molecule has 0 aliphatic carbocycles. The molecule has 0 bridgehead atoms. The normalized spacial score (nSPS) is 16.2. The van der Waals surface area contributed by atoms with Gasteiger partial charge in [-0.05, 0) is 30.3 Å². The first-order valence-corrected chi connectivity index (χ1v) is 11.6. The maximum atomic E-state index is 15.1. The lowest BCUT2D eigenvalue weighted by Gasteiger charge is -2.42. The van der Waals surface area contributed by atoms with Gasteiger partial charge in [-0.2, -0.15) is 13.2 Å². The molecule has 200 valence electrons. The zero-order chi connectivity index (χ0) is 26.7. The molecule has 1 atom stereocenters. The number of piperazine rings is 1. The van der Waals surface area contributed by atoms with Gasteiger partial charge in [-0.1, -0.05) is 17.7 Å². The van der Waals surface area contributed by atoms with Gasteiger partial charge >= 0.3 is 12.1 Å². The molecule has 1 aromatic heterocycles. The molecular weight excluding hydrogens is 525 g/mol. The molecule has 0 radical (unpaired) electrons. The summed E-state index contributed by atoms with van der Waals surface area (Å²) in [5.74, 6) is -3.50. The fourth-order valence-electron chi connectivity index (χ4n) is 3.97. The number of aromatic nitrogens is 2. The predicted molar refractivity (Wildman–Crippen MR) is 123 cm³/mol. The quantitative estimate of drug-likeness (QED) is 0.327. The van der Waals surface area contributed by atoms with Crippen molar-refractivity contribution in [1.82, 2.24) is 20.0 Å². The zero-order valence-electron chi connectivity index (χ0n) is 19.3. The summed E-state index contributed by atoms with van der Waals surface area (Å²) < 4.78 is 71.8. The third kappa shape index (κ3) is 6.36. The summed E-state index contributed by atoms with van der Waals surface area (Å²) in [6, 6.07) is 7.44. The maximum absolute atomic E-state index is 15.1. The van der Waals surface area contributed by atoms with Gasteiger partial charge < -0.3 is 19.5 Å². The van der Waals surface area contributed by atoms with Crippen molar-refractivity contribution in [2.75, 3.05) is 44.2 Å². The van der Waals surface area contributed by atoms with Crippen molar-refractivity contribution in [2.45, 2.75) is 19.1 Å². The van der Waals surface area contributed by atoms with Crippen LogP contribution in [0.1, 0.15) is 11.5 Å². The molecule has 2 heterocycles. The summed E-state index contributed by atoms with van der Waals surface area (Å²) >= 11 is 5.95. The van der Waals surface area contributed by atoms with Gasteiger partial charge in [0.2, 0.25) is 5.89 Å². The molecule has 0 spiro atoms. The first-order chi connectivity index (χ1) is 17.6. The third-order valence-electron chi connectivity index (χ3n) is 5.97. The summed E-state index contributed by atoms with van der Waals surface area (Å²) in [5, 5.41) is 26.4. The van der Waals surface area contributed by atoms with Crippen molar-refractivity contribution in [3.05, 3.63) is 64.5 Å². The van der Waals surface area contributed by atoms with Crippen molar-refractivity contribution in [3.8, 4) is 11.5 Å². The molecule has 2 aromatic carbocycles. The number of rotatable bonds is 8. The molecule has 2 N–H and O–H groups in total. The number of anilines is 1. The Morgan fingerprint density at radius 1 is 1.03 bits per heavy atom. The average Bonchev–Trinajstić information content (AvgIpc) is 3.37. The number of hydrogen-bond acceptors (Lipinski definition) is 8. The highest BCUT2D eigenvalue weighted by atomic mass is 35.5. The summed E-state index contributed by atoms with van der Waals surface area (Å²) in [7, 11) is 0. The second kappa shape index (κ2) is 11.3. The highest BCUT2D eigenvalue weighted by molar-refractivity contribution is 6.31. The van der Waals surface area contributed by atoms with Gasteiger partial charge in [0.25, 0.3) is 0 Å². The Labute approximate surface area is 213 Å². The molecular formula is C23H23ClF5N5O3. The standard InChI is InChI=1S/C23H23ClF5N5O3/c24-17-12-16(3-4-18(17)25)34(22(36)33-7-5-32(6-8-33)9-10-35)13-15-2-1-14(11-19(15)26)20-30-31-21(37-20)23(27,28)29/h1-4,11-12,22,35-36H,5-10,13H2. The molecule has 0 amide bonds. The molecule has 14 heteroatoms. The number of alkyl halides is 3. The van der Waals surface area contributed by atoms with E-state index in [2.05, 4.69) is 14.6 Å². The van der Waals surface area contributed by atoms with Crippen LogP contribution in [0.2, 0.25) is 5.02 Å². The Morgan fingerprint density at radius 3 is 2.35 bits per heavy atom. The van der Waals surface area contributed by atoms with Gasteiger partial charge in [-0.15, -0.1) is 10.2 Å². The molecule has 4 rings (SSSR count). The Bertz CT molecular complexity index is 1220. The van der Waals surface area contributed by atoms with E-state index in [1.54, 1.807) is 4.90 Å². The SMILES string of the molecule is OCCN1CCN(C(O)N(Cc2ccc(-c3nnc(C(F)(F)F)o3)cc2F)c2ccc(F)c(Cl)c2)CC1. The van der Waals surface area contributed by atoms with E-state index in [0.717, 1.165) is 12.1 Å². The van der Waals surface area contributed by atoms with Gasteiger partial charge in [-0.25, -0.2) is 8.78 Å². The van der Waals surface area contributed by atoms with Crippen LogP contribution < -0.4 is 4.90 Å². The van der Waals surface area contributed by atoms with Crippen LogP contribution in [0.4, 0.5) is 27.6 Å². The molecule has 1 fully saturated rings. The highest BCUT2D eigenvalue weighted by Crippen LogP contribution is 2.32. The summed E-state index contributed by atoms with van der Waals surface area (Å²) in [4.78, 5) is 5.20. The highest BCUT2D eigenvalue weighted by Gasteiger charge is 2.38. The number of benzene rings is 2. The lowest BCUT2D eigenvalue weighted by molar-refractivity contribution is -0.156. The van der Waals surface area contributed by atoms with E-state index in [0.29, 0.717) is 38.4 Å². The predicted octanol–water partition coefficient (Wildman–Crippen LogP) is 3.58. The van der Waals surface area contributed by atoms with Gasteiger partial charge in [0.15, 0.2) is 6.35 Å². The molecule has 1 aliphatic rings. The molecule has 1 saturated heterocycles. The van der Waals surface area contributed by atoms with Gasteiger partial charge in [0.1, 0.15) is 11.6 Å². The van der Waals surface area contributed by atoms with Gasteiger partial charge in [0.05, 0.1) is 11.6 Å². The summed E-state index contributed by atoms with van der Waals surface area (Å²) in [6.45, 7) is 2.41. The van der Waals surface area contributed by atoms with Crippen LogP contribution >= 0.6 is 11.6 Å². The second-order valence-electron chi connectivity index (χ2n) is 8.39. The lowest BCUT2D eigenvalue weighted by atomic mass is 10.1. The third-order valence-corrected chi connectivity index (χ3v) is 6.26. The van der Waals surface area contributed by atoms with Crippen LogP contribution in [0, 0.1) is 11.6 Å². The smallest absolute Gasteiger partial charge is 0.413 e. The van der Waals surface area contributed by atoms with Crippen molar-refractivity contribution < 1.29 is 36.6 Å². The number of aliphatic hydroxyl groups is 2. The first-order valence-electron chi connectivity index (χ1n) is 11.2. The Morgan fingerprint density at radius 2 is 1.76 bits per heavy atom. The van der Waals surface area contributed by atoms with Crippen LogP contribution in [0.5, 0.6) is 0 Å². The van der Waals surface area contributed by atoms with Crippen LogP contribution in [0.15, 0.2) is 40.8 Å². The van der Waals surface area contributed by atoms with Crippen molar-refractivity contribution in [1.29, 1.82) is 0 Å². The lowest BCUT2D eigenvalue weighted by Crippen LogP contribution is -2.56. The second-order valence-corrected chi connectivity index (χ2v) is 8.80. The Balaban J connectivity index is 1.58. The maximum Gasteiger partial charge on any atom is 0.470 e. The number of aliphatic hydroxyl groups excluding tert-OH is 2. The van der Waals surface area contributed by atoms with E-state index >= 15 is 4.39 Å². The largest absolute Gasteiger partial charge is 0.470 e.